The summed E-state index contributed by atoms with van der Waals surface area (Å²) in [4.78, 5) is 0. The lowest BCUT2D eigenvalue weighted by atomic mass is 9.68. The maximum Gasteiger partial charge on any atom is 0.144 e. The molecule has 3 heteroatoms. The molecule has 2 aliphatic carbocycles. The summed E-state index contributed by atoms with van der Waals surface area (Å²) in [5.74, 6) is 2.05. The van der Waals surface area contributed by atoms with Crippen molar-refractivity contribution in [2.75, 3.05) is 0 Å². The van der Waals surface area contributed by atoms with Crippen LogP contribution >= 0.6 is 0 Å². The van der Waals surface area contributed by atoms with Crippen LogP contribution < -0.4 is 0 Å². The molecular formula is C23H31F2N. The predicted octanol–water partition coefficient (Wildman–Crippen LogP) is 6.79. The van der Waals surface area contributed by atoms with E-state index in [4.69, 9.17) is 5.26 Å². The maximum absolute atomic E-state index is 13.7. The van der Waals surface area contributed by atoms with Gasteiger partial charge in [0.05, 0.1) is 0 Å². The van der Waals surface area contributed by atoms with E-state index in [0.717, 1.165) is 24.2 Å². The van der Waals surface area contributed by atoms with Gasteiger partial charge in [-0.05, 0) is 79.9 Å². The van der Waals surface area contributed by atoms with E-state index in [-0.39, 0.29) is 0 Å². The fourth-order valence-electron chi connectivity index (χ4n) is 5.26. The van der Waals surface area contributed by atoms with Gasteiger partial charge in [0.15, 0.2) is 0 Å². The van der Waals surface area contributed by atoms with Gasteiger partial charge in [-0.25, -0.2) is 8.78 Å². The molecule has 2 aliphatic rings. The molecule has 0 amide bonds. The quantitative estimate of drug-likeness (QED) is 0.567. The van der Waals surface area contributed by atoms with E-state index < -0.39 is 17.2 Å². The van der Waals surface area contributed by atoms with E-state index in [9.17, 15) is 8.78 Å². The van der Waals surface area contributed by atoms with Crippen LogP contribution in [0.2, 0.25) is 0 Å². The van der Waals surface area contributed by atoms with Crippen molar-refractivity contribution in [2.24, 2.45) is 23.7 Å². The van der Waals surface area contributed by atoms with Gasteiger partial charge in [0, 0.05) is 0 Å². The van der Waals surface area contributed by atoms with E-state index >= 15 is 0 Å². The van der Waals surface area contributed by atoms with Crippen LogP contribution in [0.4, 0.5) is 8.78 Å². The minimum atomic E-state index is -0.728. The normalized spacial score (nSPS) is 29.3. The Kier molecular flexibility index (Phi) is 6.68. The summed E-state index contributed by atoms with van der Waals surface area (Å²) >= 11 is 0. The Morgan fingerprint density at radius 2 is 1.38 bits per heavy atom. The molecule has 1 aromatic rings. The van der Waals surface area contributed by atoms with E-state index in [2.05, 4.69) is 6.92 Å². The molecule has 26 heavy (non-hydrogen) atoms. The molecular weight excluding hydrogens is 328 g/mol. The molecule has 142 valence electrons. The minimum absolute atomic E-state index is 0.466. The number of rotatable bonds is 5. The second-order valence-corrected chi connectivity index (χ2v) is 8.55. The average Bonchev–Trinajstić information content (AvgIpc) is 2.67. The molecule has 0 unspecified atom stereocenters. The van der Waals surface area contributed by atoms with Gasteiger partial charge in [0.1, 0.15) is 23.3 Å². The second-order valence-electron chi connectivity index (χ2n) is 8.55. The number of nitriles is 1. The Morgan fingerprint density at radius 3 is 1.85 bits per heavy atom. The fraction of sp³-hybridized carbons (Fsp3) is 0.696. The Labute approximate surface area is 156 Å². The number of aryl methyl sites for hydroxylation is 1. The van der Waals surface area contributed by atoms with Crippen molar-refractivity contribution < 1.29 is 8.78 Å². The summed E-state index contributed by atoms with van der Waals surface area (Å²) in [5.41, 5.74) is 0.214. The van der Waals surface area contributed by atoms with Gasteiger partial charge in [-0.15, -0.1) is 0 Å². The van der Waals surface area contributed by atoms with E-state index in [0.29, 0.717) is 17.9 Å². The Bertz CT molecular complexity index is 609. The van der Waals surface area contributed by atoms with Crippen molar-refractivity contribution in [3.05, 3.63) is 34.9 Å². The van der Waals surface area contributed by atoms with Crippen molar-refractivity contribution in [1.29, 1.82) is 5.26 Å². The topological polar surface area (TPSA) is 23.8 Å². The number of hydrogen-bond donors (Lipinski definition) is 0. The Morgan fingerprint density at radius 1 is 0.885 bits per heavy atom. The first kappa shape index (κ1) is 19.3. The van der Waals surface area contributed by atoms with Crippen molar-refractivity contribution in [3.8, 4) is 6.07 Å². The molecule has 3 rings (SSSR count). The lowest BCUT2D eigenvalue weighted by molar-refractivity contribution is 0.142. The lowest BCUT2D eigenvalue weighted by Crippen LogP contribution is -2.25. The number of benzene rings is 1. The molecule has 0 spiro atoms. The molecule has 0 aliphatic heterocycles. The standard InChI is InChI=1S/C23H31F2N/c1-2-16-5-9-19(10-6-16)20-11-7-17(8-12-20)3-4-18-13-22(24)21(15-26)23(25)14-18/h13-14,16-17,19-20H,2-12H2,1H3. The zero-order chi connectivity index (χ0) is 18.5. The Hall–Kier alpha value is -1.43. The van der Waals surface area contributed by atoms with E-state index in [1.807, 2.05) is 0 Å². The predicted molar refractivity (Wildman–Crippen MR) is 101 cm³/mol. The highest BCUT2D eigenvalue weighted by atomic mass is 19.1. The largest absolute Gasteiger partial charge is 0.205 e. The van der Waals surface area contributed by atoms with Crippen molar-refractivity contribution in [1.82, 2.24) is 0 Å². The highest BCUT2D eigenvalue weighted by molar-refractivity contribution is 5.35. The van der Waals surface area contributed by atoms with Gasteiger partial charge in [0.25, 0.3) is 0 Å². The summed E-state index contributed by atoms with van der Waals surface area (Å²) in [6.07, 6.45) is 14.0. The first-order valence-electron chi connectivity index (χ1n) is 10.5. The van der Waals surface area contributed by atoms with Gasteiger partial charge in [-0.1, -0.05) is 39.0 Å². The third-order valence-electron chi connectivity index (χ3n) is 7.08. The van der Waals surface area contributed by atoms with Crippen LogP contribution in [0, 0.1) is 46.6 Å². The van der Waals surface area contributed by atoms with E-state index in [1.165, 1.54) is 69.9 Å². The molecule has 0 aromatic heterocycles. The fourth-order valence-corrected chi connectivity index (χ4v) is 5.26. The van der Waals surface area contributed by atoms with Gasteiger partial charge in [0.2, 0.25) is 0 Å². The van der Waals surface area contributed by atoms with Gasteiger partial charge < -0.3 is 0 Å². The zero-order valence-electron chi connectivity index (χ0n) is 15.9. The molecule has 2 fully saturated rings. The average molecular weight is 360 g/mol. The maximum atomic E-state index is 13.7. The molecule has 0 heterocycles. The third-order valence-corrected chi connectivity index (χ3v) is 7.08. The smallest absolute Gasteiger partial charge is 0.144 e. The molecule has 0 N–H and O–H groups in total. The summed E-state index contributed by atoms with van der Waals surface area (Å²) < 4.78 is 27.4. The van der Waals surface area contributed by atoms with Crippen LogP contribution in [0.15, 0.2) is 12.1 Å². The molecule has 0 bridgehead atoms. The van der Waals surface area contributed by atoms with Crippen LogP contribution in [-0.2, 0) is 6.42 Å². The monoisotopic (exact) mass is 359 g/mol. The van der Waals surface area contributed by atoms with Crippen LogP contribution in [0.3, 0.4) is 0 Å². The molecule has 0 saturated heterocycles. The van der Waals surface area contributed by atoms with Gasteiger partial charge in [-0.3, -0.25) is 0 Å². The third kappa shape index (κ3) is 4.64. The second kappa shape index (κ2) is 8.98. The van der Waals surface area contributed by atoms with Gasteiger partial charge in [-0.2, -0.15) is 5.26 Å². The SMILES string of the molecule is CCC1CCC(C2CCC(CCc3cc(F)c(C#N)c(F)c3)CC2)CC1. The minimum Gasteiger partial charge on any atom is -0.205 e. The first-order valence-corrected chi connectivity index (χ1v) is 10.5. The number of nitrogens with zero attached hydrogens (tertiary/aromatic N) is 1. The summed E-state index contributed by atoms with van der Waals surface area (Å²) in [6.45, 7) is 2.32. The lowest BCUT2D eigenvalue weighted by Gasteiger charge is -2.37. The van der Waals surface area contributed by atoms with E-state index in [1.54, 1.807) is 6.07 Å². The molecule has 1 aromatic carbocycles. The Balaban J connectivity index is 1.44. The first-order chi connectivity index (χ1) is 12.6. The van der Waals surface area contributed by atoms with Crippen LogP contribution in [0.5, 0.6) is 0 Å². The highest BCUT2D eigenvalue weighted by Gasteiger charge is 2.30. The number of halogens is 2. The number of hydrogen-bond acceptors (Lipinski definition) is 1. The molecule has 0 atom stereocenters. The zero-order valence-corrected chi connectivity index (χ0v) is 15.9. The van der Waals surface area contributed by atoms with Crippen LogP contribution in [-0.4, -0.2) is 0 Å². The molecule has 1 nitrogen and oxygen atoms in total. The summed E-state index contributed by atoms with van der Waals surface area (Å²) in [5, 5.41) is 8.75. The summed E-state index contributed by atoms with van der Waals surface area (Å²) in [6, 6.07) is 4.25. The van der Waals surface area contributed by atoms with Crippen LogP contribution in [0.1, 0.15) is 82.3 Å². The molecule has 0 radical (unpaired) electrons. The molecule has 2 saturated carbocycles. The van der Waals surface area contributed by atoms with Crippen molar-refractivity contribution >= 4 is 0 Å². The summed E-state index contributed by atoms with van der Waals surface area (Å²) in [7, 11) is 0. The highest BCUT2D eigenvalue weighted by Crippen LogP contribution is 2.42. The van der Waals surface area contributed by atoms with Crippen molar-refractivity contribution in [2.45, 2.75) is 77.6 Å². The van der Waals surface area contributed by atoms with Crippen LogP contribution in [0.25, 0.3) is 0 Å². The van der Waals surface area contributed by atoms with Crippen molar-refractivity contribution in [3.63, 3.8) is 0 Å². The van der Waals surface area contributed by atoms with Gasteiger partial charge >= 0.3 is 0 Å².